The van der Waals surface area contributed by atoms with E-state index >= 15 is 0 Å². The number of nitrogens with one attached hydrogen (secondary N) is 1. The largest absolute Gasteiger partial charge is 0.383 e. The van der Waals surface area contributed by atoms with Crippen molar-refractivity contribution >= 4 is 51.5 Å². The second kappa shape index (κ2) is 9.14. The smallest absolute Gasteiger partial charge is 0.261 e. The molecule has 36 heavy (non-hydrogen) atoms. The maximum atomic E-state index is 13.5. The first-order chi connectivity index (χ1) is 17.3. The third kappa shape index (κ3) is 4.24. The molecule has 0 aliphatic rings. The second-order valence-corrected chi connectivity index (χ2v) is 8.96. The van der Waals surface area contributed by atoms with Crippen LogP contribution in [0.25, 0.3) is 22.2 Å². The molecule has 0 bridgehead atoms. The highest BCUT2D eigenvalue weighted by atomic mass is 16.1. The third-order valence-electron chi connectivity index (χ3n) is 6.07. The van der Waals surface area contributed by atoms with E-state index in [-0.39, 0.29) is 17.3 Å². The zero-order valence-corrected chi connectivity index (χ0v) is 20.6. The molecular weight excluding hydrogens is 450 g/mol. The van der Waals surface area contributed by atoms with Crippen LogP contribution in [0.2, 0.25) is 0 Å². The molecule has 2 heterocycles. The van der Waals surface area contributed by atoms with Gasteiger partial charge in [0.2, 0.25) is 0 Å². The molecule has 0 radical (unpaired) electrons. The average molecular weight is 478 g/mol. The van der Waals surface area contributed by atoms with Crippen LogP contribution in [0.3, 0.4) is 0 Å². The van der Waals surface area contributed by atoms with E-state index < -0.39 is 0 Å². The fraction of sp³-hybridized carbons (Fsp3) is 0.143. The van der Waals surface area contributed by atoms with E-state index in [2.05, 4.69) is 10.4 Å². The monoisotopic (exact) mass is 477 g/mol. The van der Waals surface area contributed by atoms with Gasteiger partial charge in [0.1, 0.15) is 16.9 Å². The minimum absolute atomic E-state index is 0.171. The molecule has 8 nitrogen and oxygen atoms in total. The van der Waals surface area contributed by atoms with Crippen LogP contribution in [-0.4, -0.2) is 40.9 Å². The van der Waals surface area contributed by atoms with Crippen LogP contribution in [0, 0.1) is 13.8 Å². The Labute approximate surface area is 209 Å². The van der Waals surface area contributed by atoms with Crippen LogP contribution in [0.4, 0.5) is 17.2 Å². The number of nitrogens with zero attached hydrogens (tertiary/aromatic N) is 5. The Morgan fingerprint density at radius 1 is 1.00 bits per heavy atom. The SMILES string of the molecule is Cc1ccc(C)c(NC(=O)c2c(N)n(/N=C/c3ccc(N(C)C)cc3)c3nc4ccccc4nc23)c1. The Bertz CT molecular complexity index is 1630. The van der Waals surface area contributed by atoms with Crippen molar-refractivity contribution in [1.82, 2.24) is 14.6 Å². The normalized spacial score (nSPS) is 11.4. The average Bonchev–Trinajstić information content (AvgIpc) is 3.13. The van der Waals surface area contributed by atoms with E-state index in [0.717, 1.165) is 28.1 Å². The van der Waals surface area contributed by atoms with Crippen molar-refractivity contribution in [2.45, 2.75) is 13.8 Å². The maximum absolute atomic E-state index is 13.5. The molecule has 2 aromatic heterocycles. The second-order valence-electron chi connectivity index (χ2n) is 8.96. The summed E-state index contributed by atoms with van der Waals surface area (Å²) >= 11 is 0. The van der Waals surface area contributed by atoms with E-state index in [9.17, 15) is 4.79 Å². The minimum atomic E-state index is -0.361. The lowest BCUT2D eigenvalue weighted by atomic mass is 10.1. The summed E-state index contributed by atoms with van der Waals surface area (Å²) in [4.78, 5) is 25.0. The van der Waals surface area contributed by atoms with Crippen molar-refractivity contribution in [2.24, 2.45) is 5.10 Å². The molecule has 5 rings (SSSR count). The zero-order valence-electron chi connectivity index (χ0n) is 20.6. The Balaban J connectivity index is 1.63. The number of fused-ring (bicyclic) bond motifs is 2. The molecule has 3 N–H and O–H groups in total. The fourth-order valence-electron chi connectivity index (χ4n) is 4.03. The number of benzene rings is 3. The predicted molar refractivity (Wildman–Crippen MR) is 147 cm³/mol. The van der Waals surface area contributed by atoms with Crippen molar-refractivity contribution in [2.75, 3.05) is 30.0 Å². The molecule has 0 aliphatic carbocycles. The summed E-state index contributed by atoms with van der Waals surface area (Å²) in [7, 11) is 3.98. The lowest BCUT2D eigenvalue weighted by Crippen LogP contribution is -2.15. The number of para-hydroxylation sites is 2. The first-order valence-electron chi connectivity index (χ1n) is 11.6. The number of nitrogen functional groups attached to an aromatic ring is 1. The van der Waals surface area contributed by atoms with Gasteiger partial charge in [0.25, 0.3) is 5.91 Å². The van der Waals surface area contributed by atoms with Gasteiger partial charge in [-0.1, -0.05) is 36.4 Å². The van der Waals surface area contributed by atoms with Gasteiger partial charge in [-0.25, -0.2) is 9.97 Å². The summed E-state index contributed by atoms with van der Waals surface area (Å²) in [5.74, 6) is -0.190. The summed E-state index contributed by atoms with van der Waals surface area (Å²) in [6.45, 7) is 3.92. The number of aromatic nitrogens is 3. The molecule has 3 aromatic carbocycles. The van der Waals surface area contributed by atoms with E-state index in [1.54, 1.807) is 6.21 Å². The van der Waals surface area contributed by atoms with Crippen molar-refractivity contribution < 1.29 is 4.79 Å². The van der Waals surface area contributed by atoms with E-state index in [4.69, 9.17) is 15.7 Å². The van der Waals surface area contributed by atoms with Crippen LogP contribution < -0.4 is 16.0 Å². The van der Waals surface area contributed by atoms with Gasteiger partial charge in [-0.2, -0.15) is 9.78 Å². The third-order valence-corrected chi connectivity index (χ3v) is 6.07. The van der Waals surface area contributed by atoms with Gasteiger partial charge in [0.15, 0.2) is 5.65 Å². The summed E-state index contributed by atoms with van der Waals surface area (Å²) in [5.41, 5.74) is 13.6. The standard InChI is InChI=1S/C28H27N7O/c1-17-9-10-18(2)23(15-17)33-28(36)24-25-27(32-22-8-6-5-7-21(22)31-25)35(26(24)29)30-16-19-11-13-20(14-12-19)34(3)4/h5-16H,29H2,1-4H3,(H,33,36)/b30-16+. The molecular formula is C28H27N7O. The van der Waals surface area contributed by atoms with E-state index in [1.807, 2.05) is 99.6 Å². The van der Waals surface area contributed by atoms with Crippen LogP contribution in [-0.2, 0) is 0 Å². The number of anilines is 3. The Morgan fingerprint density at radius 2 is 1.69 bits per heavy atom. The Kier molecular flexibility index (Phi) is 5.85. The van der Waals surface area contributed by atoms with Crippen molar-refractivity contribution in [3.05, 3.63) is 89.0 Å². The number of aryl methyl sites for hydroxylation is 2. The summed E-state index contributed by atoms with van der Waals surface area (Å²) in [6, 6.07) is 21.4. The summed E-state index contributed by atoms with van der Waals surface area (Å²) in [5, 5.41) is 7.59. The highest BCUT2D eigenvalue weighted by Gasteiger charge is 2.24. The van der Waals surface area contributed by atoms with Crippen LogP contribution in [0.1, 0.15) is 27.0 Å². The molecule has 8 heteroatoms. The highest BCUT2D eigenvalue weighted by Crippen LogP contribution is 2.29. The lowest BCUT2D eigenvalue weighted by Gasteiger charge is -2.11. The molecule has 0 aliphatic heterocycles. The molecule has 0 saturated carbocycles. The topological polar surface area (TPSA) is 101 Å². The Morgan fingerprint density at radius 3 is 2.39 bits per heavy atom. The molecule has 0 saturated heterocycles. The van der Waals surface area contributed by atoms with Crippen LogP contribution in [0.15, 0.2) is 71.8 Å². The van der Waals surface area contributed by atoms with Crippen LogP contribution in [0.5, 0.6) is 0 Å². The molecule has 5 aromatic rings. The predicted octanol–water partition coefficient (Wildman–Crippen LogP) is 4.98. The quantitative estimate of drug-likeness (QED) is 0.348. The molecule has 0 spiro atoms. The van der Waals surface area contributed by atoms with E-state index in [0.29, 0.717) is 22.2 Å². The molecule has 1 amide bonds. The van der Waals surface area contributed by atoms with Gasteiger partial charge >= 0.3 is 0 Å². The number of nitrogens with two attached hydrogens (primary N) is 1. The molecule has 180 valence electrons. The van der Waals surface area contributed by atoms with Gasteiger partial charge in [-0.05, 0) is 60.9 Å². The van der Waals surface area contributed by atoms with Crippen molar-refractivity contribution in [1.29, 1.82) is 0 Å². The first-order valence-corrected chi connectivity index (χ1v) is 11.6. The van der Waals surface area contributed by atoms with Crippen molar-refractivity contribution in [3.8, 4) is 0 Å². The van der Waals surface area contributed by atoms with Gasteiger partial charge in [0, 0.05) is 25.5 Å². The van der Waals surface area contributed by atoms with Gasteiger partial charge in [0.05, 0.1) is 17.2 Å². The van der Waals surface area contributed by atoms with E-state index in [1.165, 1.54) is 4.68 Å². The maximum Gasteiger partial charge on any atom is 0.261 e. The summed E-state index contributed by atoms with van der Waals surface area (Å²) in [6.07, 6.45) is 1.69. The number of hydrogen-bond donors (Lipinski definition) is 2. The summed E-state index contributed by atoms with van der Waals surface area (Å²) < 4.78 is 1.48. The molecule has 0 fully saturated rings. The fourth-order valence-corrected chi connectivity index (χ4v) is 4.03. The minimum Gasteiger partial charge on any atom is -0.383 e. The van der Waals surface area contributed by atoms with Gasteiger partial charge < -0.3 is 16.0 Å². The van der Waals surface area contributed by atoms with Crippen molar-refractivity contribution in [3.63, 3.8) is 0 Å². The number of carbonyl (C=O) groups excluding carboxylic acids is 1. The number of rotatable bonds is 5. The lowest BCUT2D eigenvalue weighted by molar-refractivity contribution is 0.102. The molecule has 0 atom stereocenters. The van der Waals surface area contributed by atoms with Gasteiger partial charge in [-0.3, -0.25) is 4.79 Å². The number of carbonyl (C=O) groups is 1. The molecule has 0 unspecified atom stereocenters. The highest BCUT2D eigenvalue weighted by molar-refractivity contribution is 6.16. The number of amides is 1. The Hall–Kier alpha value is -4.72. The first kappa shape index (κ1) is 23.0. The van der Waals surface area contributed by atoms with Crippen LogP contribution >= 0.6 is 0 Å². The zero-order chi connectivity index (χ0) is 25.4. The van der Waals surface area contributed by atoms with Gasteiger partial charge in [-0.15, -0.1) is 0 Å². The number of hydrogen-bond acceptors (Lipinski definition) is 6.